The Morgan fingerprint density at radius 3 is 1.86 bits per heavy atom. The highest BCUT2D eigenvalue weighted by Crippen LogP contribution is 2.23. The van der Waals surface area contributed by atoms with Gasteiger partial charge in [0.05, 0.1) is 14.2 Å². The van der Waals surface area contributed by atoms with Gasteiger partial charge in [-0.05, 0) is 29.3 Å². The summed E-state index contributed by atoms with van der Waals surface area (Å²) in [5.74, 6) is 1.23. The van der Waals surface area contributed by atoms with Crippen molar-refractivity contribution in [1.82, 2.24) is 0 Å². The molecule has 3 N–H and O–H groups in total. The number of rotatable bonds is 4. The van der Waals surface area contributed by atoms with Crippen molar-refractivity contribution in [3.63, 3.8) is 0 Å². The van der Waals surface area contributed by atoms with Gasteiger partial charge in [-0.15, -0.1) is 0 Å². The minimum Gasteiger partial charge on any atom is -0.497 e. The van der Waals surface area contributed by atoms with Crippen LogP contribution in [0.2, 0.25) is 0 Å². The third-order valence-corrected chi connectivity index (χ3v) is 2.93. The van der Waals surface area contributed by atoms with E-state index < -0.39 is 7.12 Å². The first-order valence-electron chi connectivity index (χ1n) is 6.29. The van der Waals surface area contributed by atoms with E-state index in [0.717, 1.165) is 24.0 Å². The maximum Gasteiger partial charge on any atom is 0.492 e. The molecule has 2 rings (SSSR count). The van der Waals surface area contributed by atoms with E-state index in [0.29, 0.717) is 11.2 Å². The first-order valence-corrected chi connectivity index (χ1v) is 6.29. The third-order valence-electron chi connectivity index (χ3n) is 2.93. The zero-order valence-corrected chi connectivity index (χ0v) is 12.3. The highest BCUT2D eigenvalue weighted by atomic mass is 16.5. The first kappa shape index (κ1) is 17.0. The summed E-state index contributed by atoms with van der Waals surface area (Å²) in [6.07, 6.45) is 0. The summed E-state index contributed by atoms with van der Waals surface area (Å²) in [7, 11) is 2.55. The summed E-state index contributed by atoms with van der Waals surface area (Å²) in [5, 5.41) is 25.7. The number of benzene rings is 2. The Morgan fingerprint density at radius 1 is 0.810 bits per heavy atom. The summed E-state index contributed by atoms with van der Waals surface area (Å²) in [4.78, 5) is 0. The molecule has 5 nitrogen and oxygen atoms in total. The van der Waals surface area contributed by atoms with E-state index in [1.807, 2.05) is 30.3 Å². The number of ether oxygens (including phenoxy) is 2. The summed E-state index contributed by atoms with van der Waals surface area (Å²) < 4.78 is 10.2. The lowest BCUT2D eigenvalue weighted by Crippen LogP contribution is -2.31. The molecule has 0 fully saturated rings. The molecule has 0 bridgehead atoms. The molecule has 0 amide bonds. The maximum absolute atomic E-state index is 9.34. The van der Waals surface area contributed by atoms with E-state index in [2.05, 4.69) is 0 Å². The predicted molar refractivity (Wildman–Crippen MR) is 83.0 cm³/mol. The lowest BCUT2D eigenvalue weighted by atomic mass is 9.78. The number of methoxy groups -OCH3 is 2. The zero-order chi connectivity index (χ0) is 15.8. The SMILES string of the molecule is CO.COc1ccc(-c2ccc(OC)c(B(O)O)c2)cc1. The molecule has 112 valence electrons. The van der Waals surface area contributed by atoms with Gasteiger partial charge < -0.3 is 24.6 Å². The van der Waals surface area contributed by atoms with Gasteiger partial charge in [0.1, 0.15) is 11.5 Å². The summed E-state index contributed by atoms with van der Waals surface area (Å²) in [6, 6.07) is 12.8. The van der Waals surface area contributed by atoms with E-state index in [4.69, 9.17) is 14.6 Å². The van der Waals surface area contributed by atoms with E-state index >= 15 is 0 Å². The van der Waals surface area contributed by atoms with Gasteiger partial charge in [-0.1, -0.05) is 24.3 Å². The zero-order valence-electron chi connectivity index (χ0n) is 12.3. The van der Waals surface area contributed by atoms with Crippen molar-refractivity contribution in [3.05, 3.63) is 42.5 Å². The van der Waals surface area contributed by atoms with Gasteiger partial charge >= 0.3 is 7.12 Å². The smallest absolute Gasteiger partial charge is 0.492 e. The molecule has 2 aromatic carbocycles. The van der Waals surface area contributed by atoms with E-state index in [9.17, 15) is 10.0 Å². The molecule has 0 aliphatic carbocycles. The Balaban J connectivity index is 0.00000106. The topological polar surface area (TPSA) is 79.2 Å². The number of aliphatic hydroxyl groups excluding tert-OH is 1. The van der Waals surface area contributed by atoms with Crippen molar-refractivity contribution in [1.29, 1.82) is 0 Å². The van der Waals surface area contributed by atoms with Crippen LogP contribution in [0.3, 0.4) is 0 Å². The fourth-order valence-corrected chi connectivity index (χ4v) is 1.90. The first-order chi connectivity index (χ1) is 10.2. The van der Waals surface area contributed by atoms with Crippen LogP contribution in [0.4, 0.5) is 0 Å². The van der Waals surface area contributed by atoms with E-state index in [-0.39, 0.29) is 0 Å². The van der Waals surface area contributed by atoms with Crippen molar-refractivity contribution in [2.24, 2.45) is 0 Å². The fourth-order valence-electron chi connectivity index (χ4n) is 1.90. The van der Waals surface area contributed by atoms with Crippen LogP contribution in [0.25, 0.3) is 11.1 Å². The van der Waals surface area contributed by atoms with Crippen LogP contribution in [0.1, 0.15) is 0 Å². The standard InChI is InChI=1S/C14H15BO4.CH4O/c1-18-12-6-3-10(4-7-12)11-5-8-14(19-2)13(9-11)15(16)17;1-2/h3-9,16-17H,1-2H3;2H,1H3. The van der Waals surface area contributed by atoms with Crippen LogP contribution in [-0.4, -0.2) is 43.6 Å². The average molecular weight is 290 g/mol. The van der Waals surface area contributed by atoms with Crippen molar-refractivity contribution in [3.8, 4) is 22.6 Å². The van der Waals surface area contributed by atoms with Gasteiger partial charge in [-0.3, -0.25) is 0 Å². The molecule has 0 aliphatic rings. The Morgan fingerprint density at radius 2 is 1.38 bits per heavy atom. The highest BCUT2D eigenvalue weighted by Gasteiger charge is 2.17. The normalized spacial score (nSPS) is 9.43. The summed E-state index contributed by atoms with van der Waals surface area (Å²) >= 11 is 0. The molecule has 0 radical (unpaired) electrons. The van der Waals surface area contributed by atoms with Gasteiger partial charge in [0.2, 0.25) is 0 Å². The van der Waals surface area contributed by atoms with Gasteiger partial charge in [0, 0.05) is 12.6 Å². The van der Waals surface area contributed by atoms with Crippen LogP contribution < -0.4 is 14.9 Å². The molecule has 0 spiro atoms. The van der Waals surface area contributed by atoms with Gasteiger partial charge in [0.15, 0.2) is 0 Å². The fraction of sp³-hybridized carbons (Fsp3) is 0.200. The number of aliphatic hydroxyl groups is 1. The van der Waals surface area contributed by atoms with Crippen molar-refractivity contribution in [2.75, 3.05) is 21.3 Å². The van der Waals surface area contributed by atoms with Gasteiger partial charge in [0.25, 0.3) is 0 Å². The second kappa shape index (κ2) is 8.31. The van der Waals surface area contributed by atoms with E-state index in [1.54, 1.807) is 19.2 Å². The van der Waals surface area contributed by atoms with Crippen LogP contribution in [0, 0.1) is 0 Å². The minimum absolute atomic E-state index is 0.343. The Hall–Kier alpha value is -2.02. The molecular weight excluding hydrogens is 271 g/mol. The lowest BCUT2D eigenvalue weighted by Gasteiger charge is -2.10. The minimum atomic E-state index is -1.56. The third kappa shape index (κ3) is 4.22. The second-order valence-electron chi connectivity index (χ2n) is 4.06. The van der Waals surface area contributed by atoms with Crippen LogP contribution >= 0.6 is 0 Å². The molecule has 0 aliphatic heterocycles. The molecule has 0 atom stereocenters. The van der Waals surface area contributed by atoms with Crippen LogP contribution in [-0.2, 0) is 0 Å². The largest absolute Gasteiger partial charge is 0.497 e. The lowest BCUT2D eigenvalue weighted by molar-refractivity contribution is 0.399. The quantitative estimate of drug-likeness (QED) is 0.721. The predicted octanol–water partition coefficient (Wildman–Crippen LogP) is 0.659. The molecule has 0 heterocycles. The Bertz CT molecular complexity index is 554. The number of hydrogen-bond acceptors (Lipinski definition) is 5. The van der Waals surface area contributed by atoms with Crippen molar-refractivity contribution >= 4 is 12.6 Å². The average Bonchev–Trinajstić information content (AvgIpc) is 2.56. The maximum atomic E-state index is 9.34. The highest BCUT2D eigenvalue weighted by molar-refractivity contribution is 6.59. The molecule has 0 saturated carbocycles. The van der Waals surface area contributed by atoms with Crippen LogP contribution in [0.5, 0.6) is 11.5 Å². The monoisotopic (exact) mass is 290 g/mol. The second-order valence-corrected chi connectivity index (χ2v) is 4.06. The summed E-state index contributed by atoms with van der Waals surface area (Å²) in [5.41, 5.74) is 2.19. The summed E-state index contributed by atoms with van der Waals surface area (Å²) in [6.45, 7) is 0. The Labute approximate surface area is 124 Å². The molecule has 0 aromatic heterocycles. The molecule has 6 heteroatoms. The van der Waals surface area contributed by atoms with E-state index in [1.165, 1.54) is 7.11 Å². The molecule has 0 unspecified atom stereocenters. The Kier molecular flexibility index (Phi) is 6.74. The van der Waals surface area contributed by atoms with Gasteiger partial charge in [-0.25, -0.2) is 0 Å². The molecule has 21 heavy (non-hydrogen) atoms. The van der Waals surface area contributed by atoms with Crippen molar-refractivity contribution in [2.45, 2.75) is 0 Å². The van der Waals surface area contributed by atoms with Crippen LogP contribution in [0.15, 0.2) is 42.5 Å². The molecule has 2 aromatic rings. The molecular formula is C15H19BO5. The van der Waals surface area contributed by atoms with Crippen molar-refractivity contribution < 1.29 is 24.6 Å². The molecule has 0 saturated heterocycles. The number of hydrogen-bond donors (Lipinski definition) is 3. The van der Waals surface area contributed by atoms with Gasteiger partial charge in [-0.2, -0.15) is 0 Å².